The van der Waals surface area contributed by atoms with Gasteiger partial charge in [-0.2, -0.15) is 0 Å². The molecule has 0 spiro atoms. The second-order valence-corrected chi connectivity index (χ2v) is 6.80. The fraction of sp³-hybridized carbons (Fsp3) is 0.286. The van der Waals surface area contributed by atoms with E-state index in [-0.39, 0.29) is 12.1 Å². The minimum atomic E-state index is -0.0629. The molecule has 1 aromatic heterocycles. The molecule has 2 rings (SSSR count). The van der Waals surface area contributed by atoms with E-state index < -0.39 is 0 Å². The third kappa shape index (κ3) is 3.87. The maximum Gasteiger partial charge on any atom is 0.0991 e. The maximum absolute atomic E-state index is 5.70. The van der Waals surface area contributed by atoms with E-state index in [0.717, 1.165) is 15.8 Å². The van der Waals surface area contributed by atoms with E-state index in [1.165, 1.54) is 4.88 Å². The Labute approximate surface area is 125 Å². The van der Waals surface area contributed by atoms with E-state index in [1.54, 1.807) is 18.4 Å². The van der Waals surface area contributed by atoms with Gasteiger partial charge >= 0.3 is 0 Å². The molecule has 0 aliphatic rings. The van der Waals surface area contributed by atoms with Crippen molar-refractivity contribution in [3.05, 3.63) is 56.7 Å². The number of hydrazine groups is 1. The van der Waals surface area contributed by atoms with Gasteiger partial charge in [-0.3, -0.25) is 11.3 Å². The summed E-state index contributed by atoms with van der Waals surface area (Å²) in [6.45, 7) is 0. The second-order valence-electron chi connectivity index (χ2n) is 4.25. The van der Waals surface area contributed by atoms with Gasteiger partial charge < -0.3 is 4.74 Å². The first-order valence-electron chi connectivity index (χ1n) is 6.02. The van der Waals surface area contributed by atoms with E-state index in [1.807, 2.05) is 18.2 Å². The molecule has 3 nitrogen and oxygen atoms in total. The van der Waals surface area contributed by atoms with Crippen LogP contribution in [-0.2, 0) is 11.2 Å². The SMILES string of the molecule is COC(c1ccccc1)C(Cc1ccc(Br)s1)NN. The Morgan fingerprint density at radius 2 is 2.00 bits per heavy atom. The molecule has 2 unspecified atom stereocenters. The largest absolute Gasteiger partial charge is 0.375 e. The average Bonchev–Trinajstić information content (AvgIpc) is 2.85. The first-order chi connectivity index (χ1) is 9.24. The van der Waals surface area contributed by atoms with Gasteiger partial charge in [0.05, 0.1) is 15.9 Å². The fourth-order valence-corrected chi connectivity index (χ4v) is 3.65. The van der Waals surface area contributed by atoms with Crippen LogP contribution in [0, 0.1) is 0 Å². The molecule has 0 radical (unpaired) electrons. The Hall–Kier alpha value is -0.720. The summed E-state index contributed by atoms with van der Waals surface area (Å²) in [6.07, 6.45) is 0.771. The summed E-state index contributed by atoms with van der Waals surface area (Å²) in [6, 6.07) is 14.3. The van der Waals surface area contributed by atoms with Gasteiger partial charge in [-0.15, -0.1) is 11.3 Å². The van der Waals surface area contributed by atoms with E-state index in [9.17, 15) is 0 Å². The minimum absolute atomic E-state index is 0.0398. The molecule has 1 aromatic carbocycles. The molecule has 0 saturated heterocycles. The molecule has 2 atom stereocenters. The topological polar surface area (TPSA) is 47.3 Å². The van der Waals surface area contributed by atoms with E-state index >= 15 is 0 Å². The van der Waals surface area contributed by atoms with Crippen LogP contribution in [0.25, 0.3) is 0 Å². The lowest BCUT2D eigenvalue weighted by molar-refractivity contribution is 0.0681. The zero-order chi connectivity index (χ0) is 13.7. The summed E-state index contributed by atoms with van der Waals surface area (Å²) in [4.78, 5) is 1.27. The highest BCUT2D eigenvalue weighted by molar-refractivity contribution is 9.11. The van der Waals surface area contributed by atoms with Crippen LogP contribution in [0.5, 0.6) is 0 Å². The van der Waals surface area contributed by atoms with Crippen LogP contribution >= 0.6 is 27.3 Å². The predicted octanol–water partition coefficient (Wildman–Crippen LogP) is 3.27. The highest BCUT2D eigenvalue weighted by Gasteiger charge is 2.22. The average molecular weight is 341 g/mol. The zero-order valence-electron chi connectivity index (χ0n) is 10.7. The van der Waals surface area contributed by atoms with Crippen LogP contribution in [0.15, 0.2) is 46.3 Å². The first-order valence-corrected chi connectivity index (χ1v) is 7.63. The van der Waals surface area contributed by atoms with Crippen LogP contribution < -0.4 is 11.3 Å². The molecule has 102 valence electrons. The quantitative estimate of drug-likeness (QED) is 0.626. The van der Waals surface area contributed by atoms with Crippen LogP contribution in [0.2, 0.25) is 0 Å². The number of halogens is 1. The number of hydrogen-bond donors (Lipinski definition) is 2. The summed E-state index contributed by atoms with van der Waals surface area (Å²) in [5.74, 6) is 5.70. The molecule has 0 aliphatic carbocycles. The van der Waals surface area contributed by atoms with Gasteiger partial charge in [0.25, 0.3) is 0 Å². The smallest absolute Gasteiger partial charge is 0.0991 e. The maximum atomic E-state index is 5.70. The summed E-state index contributed by atoms with van der Waals surface area (Å²) >= 11 is 5.20. The molecule has 1 heterocycles. The first kappa shape index (κ1) is 14.7. The van der Waals surface area contributed by atoms with Crippen molar-refractivity contribution in [1.29, 1.82) is 0 Å². The highest BCUT2D eigenvalue weighted by atomic mass is 79.9. The summed E-state index contributed by atoms with van der Waals surface area (Å²) in [7, 11) is 1.71. The van der Waals surface area contributed by atoms with Gasteiger partial charge in [0, 0.05) is 18.4 Å². The number of rotatable bonds is 6. The number of thiophene rings is 1. The molecule has 0 saturated carbocycles. The number of hydrogen-bond acceptors (Lipinski definition) is 4. The Balaban J connectivity index is 2.15. The molecule has 19 heavy (non-hydrogen) atoms. The molecule has 3 N–H and O–H groups in total. The van der Waals surface area contributed by atoms with Crippen molar-refractivity contribution >= 4 is 27.3 Å². The molecular weight excluding hydrogens is 324 g/mol. The fourth-order valence-electron chi connectivity index (χ4n) is 2.11. The van der Waals surface area contributed by atoms with Gasteiger partial charge in [0.2, 0.25) is 0 Å². The van der Waals surface area contributed by atoms with Gasteiger partial charge in [-0.1, -0.05) is 30.3 Å². The number of benzene rings is 1. The number of methoxy groups -OCH3 is 1. The molecule has 0 amide bonds. The lowest BCUT2D eigenvalue weighted by Crippen LogP contribution is -2.42. The molecule has 0 fully saturated rings. The van der Waals surface area contributed by atoms with E-state index in [2.05, 4.69) is 45.6 Å². The van der Waals surface area contributed by atoms with Crippen LogP contribution in [0.4, 0.5) is 0 Å². The van der Waals surface area contributed by atoms with Crippen LogP contribution in [0.1, 0.15) is 16.5 Å². The van der Waals surface area contributed by atoms with Gasteiger partial charge in [0.15, 0.2) is 0 Å². The lowest BCUT2D eigenvalue weighted by Gasteiger charge is -2.25. The zero-order valence-corrected chi connectivity index (χ0v) is 13.1. The monoisotopic (exact) mass is 340 g/mol. The lowest BCUT2D eigenvalue weighted by atomic mass is 9.99. The third-order valence-corrected chi connectivity index (χ3v) is 4.66. The standard InChI is InChI=1S/C14H17BrN2OS/c1-18-14(10-5-3-2-4-6-10)12(17-16)9-11-7-8-13(15)19-11/h2-8,12,14,17H,9,16H2,1H3. The van der Waals surface area contributed by atoms with Crippen molar-refractivity contribution in [3.8, 4) is 0 Å². The van der Waals surface area contributed by atoms with Crippen LogP contribution in [0.3, 0.4) is 0 Å². The van der Waals surface area contributed by atoms with Crippen molar-refractivity contribution in [2.45, 2.75) is 18.6 Å². The van der Waals surface area contributed by atoms with Gasteiger partial charge in [0.1, 0.15) is 0 Å². The predicted molar refractivity (Wildman–Crippen MR) is 83.0 cm³/mol. The van der Waals surface area contributed by atoms with Crippen molar-refractivity contribution in [1.82, 2.24) is 5.43 Å². The molecule has 0 aliphatic heterocycles. The highest BCUT2D eigenvalue weighted by Crippen LogP contribution is 2.27. The molecule has 0 bridgehead atoms. The summed E-state index contributed by atoms with van der Waals surface area (Å²) in [5, 5.41) is 0. The third-order valence-electron chi connectivity index (χ3n) is 3.01. The van der Waals surface area contributed by atoms with Crippen molar-refractivity contribution in [2.24, 2.45) is 5.84 Å². The summed E-state index contributed by atoms with van der Waals surface area (Å²) in [5.41, 5.74) is 4.00. The van der Waals surface area contributed by atoms with Crippen molar-refractivity contribution in [2.75, 3.05) is 7.11 Å². The Kier molecular flexibility index (Phi) is 5.54. The Morgan fingerprint density at radius 3 is 2.53 bits per heavy atom. The normalized spacial score (nSPS) is 14.3. The second kappa shape index (κ2) is 7.17. The Morgan fingerprint density at radius 1 is 1.26 bits per heavy atom. The van der Waals surface area contributed by atoms with Crippen molar-refractivity contribution in [3.63, 3.8) is 0 Å². The molecule has 2 aromatic rings. The van der Waals surface area contributed by atoms with Crippen molar-refractivity contribution < 1.29 is 4.74 Å². The minimum Gasteiger partial charge on any atom is -0.375 e. The van der Waals surface area contributed by atoms with Crippen LogP contribution in [-0.4, -0.2) is 13.2 Å². The van der Waals surface area contributed by atoms with Gasteiger partial charge in [-0.05, 0) is 33.6 Å². The summed E-state index contributed by atoms with van der Waals surface area (Å²) < 4.78 is 6.75. The number of ether oxygens (including phenoxy) is 1. The number of nitrogens with two attached hydrogens (primary N) is 1. The van der Waals surface area contributed by atoms with E-state index in [4.69, 9.17) is 10.6 Å². The molecular formula is C14H17BrN2OS. The molecule has 5 heteroatoms. The van der Waals surface area contributed by atoms with Gasteiger partial charge in [-0.25, -0.2) is 0 Å². The number of nitrogens with one attached hydrogen (secondary N) is 1. The van der Waals surface area contributed by atoms with E-state index in [0.29, 0.717) is 0 Å². The Bertz CT molecular complexity index is 503.